The molecule has 3 aromatic carbocycles. The second-order valence-corrected chi connectivity index (χ2v) is 10.2. The number of benzene rings is 3. The van der Waals surface area contributed by atoms with Crippen LogP contribution < -0.4 is 5.82 Å². The molecule has 180 valence electrons. The molecular weight excluding hydrogens is 478 g/mol. The van der Waals surface area contributed by atoms with Crippen molar-refractivity contribution in [2.75, 3.05) is 0 Å². The summed E-state index contributed by atoms with van der Waals surface area (Å²) in [6, 6.07) is 21.4. The van der Waals surface area contributed by atoms with E-state index in [1.54, 1.807) is 26.8 Å². The first-order chi connectivity index (χ1) is 17.3. The highest BCUT2D eigenvalue weighted by Gasteiger charge is 2.34. The van der Waals surface area contributed by atoms with E-state index in [1.807, 2.05) is 59.2 Å². The topological polar surface area (TPSA) is 111 Å². The third kappa shape index (κ3) is 4.16. The molecule has 0 spiro atoms. The number of nitriles is 1. The highest BCUT2D eigenvalue weighted by Crippen LogP contribution is 2.38. The SMILES string of the molecule is Cc1oc(=O)oc1COC(=O)C(C)(C)Sc1nc2ccccc2n1-c1ccc(C#N)c2ccccc12. The molecule has 0 unspecified atom stereocenters. The number of hydrogen-bond acceptors (Lipinski definition) is 8. The van der Waals surface area contributed by atoms with Crippen LogP contribution >= 0.6 is 11.8 Å². The molecular formula is C27H21N3O5S. The van der Waals surface area contributed by atoms with Gasteiger partial charge in [-0.3, -0.25) is 9.36 Å². The Hall–Kier alpha value is -4.29. The van der Waals surface area contributed by atoms with Crippen LogP contribution in [0.5, 0.6) is 0 Å². The lowest BCUT2D eigenvalue weighted by atomic mass is 10.0. The monoisotopic (exact) mass is 499 g/mol. The number of nitrogens with zero attached hydrogens (tertiary/aromatic N) is 3. The summed E-state index contributed by atoms with van der Waals surface area (Å²) >= 11 is 1.26. The van der Waals surface area contributed by atoms with Gasteiger partial charge in [-0.25, -0.2) is 9.78 Å². The predicted octanol–water partition coefficient (Wildman–Crippen LogP) is 5.52. The molecule has 8 nitrogen and oxygen atoms in total. The summed E-state index contributed by atoms with van der Waals surface area (Å²) < 4.78 is 16.2. The zero-order valence-electron chi connectivity index (χ0n) is 19.8. The standard InChI is InChI=1S/C27H21N3O5S/c1-16-23(35-26(32)34-16)15-33-24(31)27(2,3)36-25-29-20-10-6-7-11-22(20)30(25)21-13-12-17(14-28)18-8-4-5-9-19(18)21/h4-13H,15H2,1-3H3. The van der Waals surface area contributed by atoms with Crippen LogP contribution in [0.2, 0.25) is 0 Å². The number of esters is 1. The number of hydrogen-bond donors (Lipinski definition) is 0. The number of aryl methyl sites for hydroxylation is 1. The molecule has 0 radical (unpaired) electrons. The van der Waals surface area contributed by atoms with Crippen LogP contribution in [0.3, 0.4) is 0 Å². The average molecular weight is 500 g/mol. The Balaban J connectivity index is 1.55. The number of fused-ring (bicyclic) bond motifs is 2. The van der Waals surface area contributed by atoms with Crippen LogP contribution in [-0.4, -0.2) is 20.3 Å². The van der Waals surface area contributed by atoms with Crippen molar-refractivity contribution >= 4 is 39.5 Å². The molecule has 0 atom stereocenters. The maximum Gasteiger partial charge on any atom is 0.519 e. The van der Waals surface area contributed by atoms with Crippen molar-refractivity contribution in [2.45, 2.75) is 37.3 Å². The summed E-state index contributed by atoms with van der Waals surface area (Å²) in [5.74, 6) is -0.896. The van der Waals surface area contributed by atoms with Gasteiger partial charge < -0.3 is 13.6 Å². The second-order valence-electron chi connectivity index (χ2n) is 8.63. The summed E-state index contributed by atoms with van der Waals surface area (Å²) in [5, 5.41) is 11.9. The molecule has 5 aromatic rings. The van der Waals surface area contributed by atoms with Gasteiger partial charge in [-0.15, -0.1) is 0 Å². The van der Waals surface area contributed by atoms with Crippen molar-refractivity contribution in [3.63, 3.8) is 0 Å². The van der Waals surface area contributed by atoms with E-state index < -0.39 is 16.5 Å². The summed E-state index contributed by atoms with van der Waals surface area (Å²) in [4.78, 5) is 29.2. The minimum Gasteiger partial charge on any atom is -0.456 e. The molecule has 0 saturated carbocycles. The van der Waals surface area contributed by atoms with Crippen LogP contribution in [-0.2, 0) is 16.1 Å². The first-order valence-corrected chi connectivity index (χ1v) is 12.0. The van der Waals surface area contributed by atoms with Crippen molar-refractivity contribution in [1.82, 2.24) is 9.55 Å². The maximum absolute atomic E-state index is 13.1. The van der Waals surface area contributed by atoms with Crippen molar-refractivity contribution in [2.24, 2.45) is 0 Å². The van der Waals surface area contributed by atoms with E-state index >= 15 is 0 Å². The predicted molar refractivity (Wildman–Crippen MR) is 135 cm³/mol. The Morgan fingerprint density at radius 1 is 1.08 bits per heavy atom. The molecule has 2 aromatic heterocycles. The van der Waals surface area contributed by atoms with Crippen molar-refractivity contribution in [3.05, 3.63) is 88.4 Å². The quantitative estimate of drug-likeness (QED) is 0.222. The van der Waals surface area contributed by atoms with Gasteiger partial charge in [0.15, 0.2) is 23.3 Å². The van der Waals surface area contributed by atoms with Crippen molar-refractivity contribution < 1.29 is 18.4 Å². The Morgan fingerprint density at radius 2 is 1.81 bits per heavy atom. The lowest BCUT2D eigenvalue weighted by molar-refractivity contribution is -0.147. The number of rotatable bonds is 6. The number of para-hydroxylation sites is 2. The second kappa shape index (κ2) is 9.06. The van der Waals surface area contributed by atoms with Gasteiger partial charge >= 0.3 is 11.8 Å². The molecule has 9 heteroatoms. The Morgan fingerprint density at radius 3 is 2.53 bits per heavy atom. The molecule has 0 fully saturated rings. The van der Waals surface area contributed by atoms with Gasteiger partial charge in [-0.05, 0) is 45.0 Å². The fourth-order valence-corrected chi connectivity index (χ4v) is 4.99. The summed E-state index contributed by atoms with van der Waals surface area (Å²) in [7, 11) is 0. The van der Waals surface area contributed by atoms with E-state index in [0.717, 1.165) is 27.5 Å². The van der Waals surface area contributed by atoms with Gasteiger partial charge in [0.2, 0.25) is 0 Å². The number of carbonyl (C=O) groups excluding carboxylic acids is 1. The normalized spacial score (nSPS) is 11.6. The summed E-state index contributed by atoms with van der Waals surface area (Å²) in [6.07, 6.45) is 0. The van der Waals surface area contributed by atoms with Crippen molar-refractivity contribution in [3.8, 4) is 11.8 Å². The van der Waals surface area contributed by atoms with Gasteiger partial charge in [0.1, 0.15) is 4.75 Å². The van der Waals surface area contributed by atoms with Gasteiger partial charge in [-0.1, -0.05) is 48.2 Å². The Bertz CT molecular complexity index is 1720. The molecule has 5 rings (SSSR count). The summed E-state index contributed by atoms with van der Waals surface area (Å²) in [5.41, 5.74) is 3.07. The number of carbonyl (C=O) groups is 1. The lowest BCUT2D eigenvalue weighted by Gasteiger charge is -2.22. The van der Waals surface area contributed by atoms with Crippen LogP contribution in [0, 0.1) is 18.3 Å². The van der Waals surface area contributed by atoms with E-state index in [-0.39, 0.29) is 18.1 Å². The molecule has 0 N–H and O–H groups in total. The van der Waals surface area contributed by atoms with Crippen LogP contribution in [0.4, 0.5) is 0 Å². The van der Waals surface area contributed by atoms with E-state index in [0.29, 0.717) is 10.7 Å². The average Bonchev–Trinajstić information content (AvgIpc) is 3.38. The Labute approximate surface area is 210 Å². The zero-order valence-corrected chi connectivity index (χ0v) is 20.6. The van der Waals surface area contributed by atoms with Gasteiger partial charge in [0, 0.05) is 10.8 Å². The molecule has 0 aliphatic rings. The van der Waals surface area contributed by atoms with Crippen molar-refractivity contribution in [1.29, 1.82) is 5.26 Å². The third-order valence-corrected chi connectivity index (χ3v) is 6.93. The van der Waals surface area contributed by atoms with Crippen LogP contribution in [0.15, 0.2) is 79.4 Å². The summed E-state index contributed by atoms with van der Waals surface area (Å²) in [6.45, 7) is 4.85. The minimum atomic E-state index is -1.03. The fourth-order valence-electron chi connectivity index (χ4n) is 3.96. The number of aromatic nitrogens is 2. The highest BCUT2D eigenvalue weighted by molar-refractivity contribution is 8.01. The maximum atomic E-state index is 13.1. The van der Waals surface area contributed by atoms with Gasteiger partial charge in [0.05, 0.1) is 28.4 Å². The van der Waals surface area contributed by atoms with Crippen LogP contribution in [0.25, 0.3) is 27.5 Å². The molecule has 0 aliphatic carbocycles. The molecule has 0 bridgehead atoms. The lowest BCUT2D eigenvalue weighted by Crippen LogP contribution is -2.30. The molecule has 0 saturated heterocycles. The largest absolute Gasteiger partial charge is 0.519 e. The first-order valence-electron chi connectivity index (χ1n) is 11.1. The number of ether oxygens (including phenoxy) is 1. The number of imidazole rings is 1. The van der Waals surface area contributed by atoms with E-state index in [1.165, 1.54) is 11.8 Å². The van der Waals surface area contributed by atoms with E-state index in [2.05, 4.69) is 6.07 Å². The highest BCUT2D eigenvalue weighted by atomic mass is 32.2. The van der Waals surface area contributed by atoms with E-state index in [9.17, 15) is 14.9 Å². The molecule has 2 heterocycles. The van der Waals surface area contributed by atoms with Crippen LogP contribution in [0.1, 0.15) is 30.9 Å². The molecule has 0 aliphatic heterocycles. The smallest absolute Gasteiger partial charge is 0.456 e. The number of thioether (sulfide) groups is 1. The minimum absolute atomic E-state index is 0.172. The Kier molecular flexibility index (Phi) is 5.90. The van der Waals surface area contributed by atoms with E-state index in [4.69, 9.17) is 18.6 Å². The zero-order chi connectivity index (χ0) is 25.4. The first kappa shape index (κ1) is 23.5. The third-order valence-electron chi connectivity index (χ3n) is 5.80. The molecule has 36 heavy (non-hydrogen) atoms. The fraction of sp³-hybridized carbons (Fsp3) is 0.185. The van der Waals surface area contributed by atoms with Gasteiger partial charge in [-0.2, -0.15) is 5.26 Å². The van der Waals surface area contributed by atoms with Gasteiger partial charge in [0.25, 0.3) is 0 Å². The molecule has 0 amide bonds.